The summed E-state index contributed by atoms with van der Waals surface area (Å²) in [6, 6.07) is -1.05. The lowest BCUT2D eigenvalue weighted by Gasteiger charge is -2.39. The topological polar surface area (TPSA) is 108 Å². The van der Waals surface area contributed by atoms with Gasteiger partial charge in [-0.2, -0.15) is 0 Å². The van der Waals surface area contributed by atoms with Crippen molar-refractivity contribution in [3.05, 3.63) is 36.5 Å². The summed E-state index contributed by atoms with van der Waals surface area (Å²) in [4.78, 5) is 42.6. The second-order valence-corrected chi connectivity index (χ2v) is 11.6. The van der Waals surface area contributed by atoms with Gasteiger partial charge >= 0.3 is 0 Å². The Bertz CT molecular complexity index is 920. The van der Waals surface area contributed by atoms with Crippen LogP contribution in [0.3, 0.4) is 0 Å². The summed E-state index contributed by atoms with van der Waals surface area (Å²) >= 11 is 0. The number of ether oxygens (including phenoxy) is 2. The third-order valence-corrected chi connectivity index (χ3v) is 8.35. The lowest BCUT2D eigenvalue weighted by molar-refractivity contribution is -0.145. The van der Waals surface area contributed by atoms with E-state index < -0.39 is 30.3 Å². The molecule has 0 bridgehead atoms. The molecule has 0 saturated carbocycles. The first kappa shape index (κ1) is 40.5. The molecule has 0 aromatic carbocycles. The molecular formula is C34H61N3O6. The molecule has 1 saturated heterocycles. The second-order valence-electron chi connectivity index (χ2n) is 11.6. The van der Waals surface area contributed by atoms with Gasteiger partial charge in [0, 0.05) is 34.7 Å². The molecule has 8 unspecified atom stereocenters. The maximum Gasteiger partial charge on any atom is 0.225 e. The van der Waals surface area contributed by atoms with Crippen molar-refractivity contribution in [3.8, 4) is 0 Å². The molecular weight excluding hydrogens is 546 g/mol. The maximum atomic E-state index is 13.6. The number of hydrogen-bond acceptors (Lipinski definition) is 6. The average molecular weight is 608 g/mol. The lowest BCUT2D eigenvalue weighted by Crippen LogP contribution is -2.53. The zero-order chi connectivity index (χ0) is 33.3. The van der Waals surface area contributed by atoms with E-state index in [2.05, 4.69) is 39.6 Å². The first-order valence-electron chi connectivity index (χ1n) is 15.8. The Hall–Kier alpha value is -2.49. The minimum Gasteiger partial charge on any atom is -0.386 e. The third-order valence-electron chi connectivity index (χ3n) is 8.35. The highest BCUT2D eigenvalue weighted by atomic mass is 16.5. The van der Waals surface area contributed by atoms with Crippen molar-refractivity contribution in [1.82, 2.24) is 15.1 Å². The molecule has 1 fully saturated rings. The van der Waals surface area contributed by atoms with E-state index >= 15 is 0 Å². The van der Waals surface area contributed by atoms with Crippen molar-refractivity contribution >= 4 is 17.7 Å². The number of rotatable bonds is 16. The Morgan fingerprint density at radius 3 is 2.21 bits per heavy atom. The summed E-state index contributed by atoms with van der Waals surface area (Å²) in [5.74, 6) is -0.828. The van der Waals surface area contributed by atoms with Crippen molar-refractivity contribution in [2.75, 3.05) is 27.8 Å². The molecule has 1 aliphatic rings. The molecule has 0 aromatic heterocycles. The van der Waals surface area contributed by atoms with E-state index in [0.29, 0.717) is 12.1 Å². The fraction of sp³-hybridized carbons (Fsp3) is 0.735. The molecule has 0 spiro atoms. The number of likely N-dealkylation sites (N-methyl/N-ethyl adjacent to an activating group) is 1. The van der Waals surface area contributed by atoms with Crippen molar-refractivity contribution in [3.63, 3.8) is 0 Å². The van der Waals surface area contributed by atoms with Gasteiger partial charge in [-0.25, -0.2) is 0 Å². The zero-order valence-corrected chi connectivity index (χ0v) is 28.8. The van der Waals surface area contributed by atoms with Crippen LogP contribution in [0.15, 0.2) is 36.5 Å². The minimum atomic E-state index is -0.888. The van der Waals surface area contributed by atoms with Gasteiger partial charge in [0.25, 0.3) is 0 Å². The summed E-state index contributed by atoms with van der Waals surface area (Å²) in [5, 5.41) is 13.7. The average Bonchev–Trinajstić information content (AvgIpc) is 3.46. The van der Waals surface area contributed by atoms with E-state index in [0.717, 1.165) is 19.3 Å². The molecule has 0 radical (unpaired) electrons. The lowest BCUT2D eigenvalue weighted by atomic mass is 9.90. The Morgan fingerprint density at radius 1 is 1.14 bits per heavy atom. The smallest absolute Gasteiger partial charge is 0.225 e. The van der Waals surface area contributed by atoms with Crippen LogP contribution in [-0.2, 0) is 23.9 Å². The van der Waals surface area contributed by atoms with Gasteiger partial charge < -0.3 is 29.7 Å². The van der Waals surface area contributed by atoms with Gasteiger partial charge in [-0.3, -0.25) is 14.4 Å². The molecule has 3 amide bonds. The molecule has 8 atom stereocenters. The third kappa shape index (κ3) is 12.2. The van der Waals surface area contributed by atoms with Crippen LogP contribution in [0.2, 0.25) is 0 Å². The van der Waals surface area contributed by atoms with Gasteiger partial charge in [-0.05, 0) is 38.2 Å². The van der Waals surface area contributed by atoms with Crippen LogP contribution in [0, 0.1) is 11.8 Å². The minimum absolute atomic E-state index is 0.0734. The predicted molar refractivity (Wildman–Crippen MR) is 174 cm³/mol. The fourth-order valence-electron chi connectivity index (χ4n) is 5.64. The van der Waals surface area contributed by atoms with Gasteiger partial charge in [0.1, 0.15) is 0 Å². The van der Waals surface area contributed by atoms with E-state index in [1.54, 1.807) is 64.3 Å². The summed E-state index contributed by atoms with van der Waals surface area (Å²) in [6.45, 7) is 19.5. The molecule has 0 aromatic rings. The quantitative estimate of drug-likeness (QED) is 0.242. The monoisotopic (exact) mass is 607 g/mol. The number of aliphatic hydroxyl groups excluding tert-OH is 1. The van der Waals surface area contributed by atoms with Gasteiger partial charge in [0.15, 0.2) is 0 Å². The Kier molecular flexibility index (Phi) is 20.0. The molecule has 43 heavy (non-hydrogen) atoms. The highest BCUT2D eigenvalue weighted by Crippen LogP contribution is 2.29. The number of carbonyl (C=O) groups is 3. The number of allylic oxidation sites excluding steroid dienone is 3. The number of nitrogens with one attached hydrogen (secondary N) is 1. The largest absolute Gasteiger partial charge is 0.386 e. The van der Waals surface area contributed by atoms with Crippen LogP contribution in [0.4, 0.5) is 0 Å². The zero-order valence-electron chi connectivity index (χ0n) is 28.8. The van der Waals surface area contributed by atoms with Gasteiger partial charge in [-0.15, -0.1) is 0 Å². The summed E-state index contributed by atoms with van der Waals surface area (Å²) in [5.41, 5.74) is 0.676. The molecule has 1 aliphatic heterocycles. The van der Waals surface area contributed by atoms with E-state index in [1.165, 1.54) is 13.3 Å². The van der Waals surface area contributed by atoms with Gasteiger partial charge in [-0.1, -0.05) is 78.3 Å². The number of hydrogen-bond donors (Lipinski definition) is 2. The molecule has 248 valence electrons. The van der Waals surface area contributed by atoms with E-state index in [1.807, 2.05) is 11.8 Å². The first-order valence-corrected chi connectivity index (χ1v) is 15.8. The number of likely N-dealkylation sites (tertiary alicyclic amines) is 1. The molecule has 1 heterocycles. The molecule has 0 aliphatic carbocycles. The van der Waals surface area contributed by atoms with Gasteiger partial charge in [0.2, 0.25) is 17.7 Å². The van der Waals surface area contributed by atoms with Crippen molar-refractivity contribution in [2.24, 2.45) is 11.8 Å². The van der Waals surface area contributed by atoms with E-state index in [-0.39, 0.29) is 42.1 Å². The normalized spacial score (nSPS) is 20.2. The highest BCUT2D eigenvalue weighted by molar-refractivity contribution is 5.80. The van der Waals surface area contributed by atoms with Crippen LogP contribution in [-0.4, -0.2) is 96.9 Å². The SMILES string of the molecule is C=C/C=C\C(=C/C)C(O)C(C)NC(=O)C(C)C(OC)C1CCCN1C(=O)CC(OC)C(C(C)CC)N(C)C(C)=O.CCC. The molecule has 2 N–H and O–H groups in total. The van der Waals surface area contributed by atoms with Crippen LogP contribution in [0.1, 0.15) is 87.5 Å². The van der Waals surface area contributed by atoms with E-state index in [4.69, 9.17) is 9.47 Å². The number of methoxy groups -OCH3 is 2. The second kappa shape index (κ2) is 21.3. The van der Waals surface area contributed by atoms with E-state index in [9.17, 15) is 19.5 Å². The van der Waals surface area contributed by atoms with Crippen LogP contribution in [0.5, 0.6) is 0 Å². The maximum absolute atomic E-state index is 13.6. The van der Waals surface area contributed by atoms with Crippen molar-refractivity contribution in [1.29, 1.82) is 0 Å². The summed E-state index contributed by atoms with van der Waals surface area (Å²) in [7, 11) is 4.89. The standard InChI is InChI=1S/C31H53N3O6.C3H8/c1-11-14-16-24(13-3)29(37)22(6)32-31(38)21(5)30(40-10)25-17-15-18-34(25)27(36)19-26(39-9)28(20(4)12-2)33(8)23(7)35;1-3-2/h11,13-14,16,20-22,25-26,28-30,37H,1,12,15,17-19H2,2-10H3,(H,32,38);3H2,1-2H3/b16-14-,24-13+;. The van der Waals surface area contributed by atoms with Crippen LogP contribution < -0.4 is 5.32 Å². The first-order chi connectivity index (χ1) is 20.3. The number of carbonyl (C=O) groups excluding carboxylic acids is 3. The number of nitrogens with zero attached hydrogens (tertiary/aromatic N) is 2. The van der Waals surface area contributed by atoms with Crippen molar-refractivity contribution < 1.29 is 29.0 Å². The molecule has 9 heteroatoms. The van der Waals surface area contributed by atoms with Crippen molar-refractivity contribution in [2.45, 2.75) is 124 Å². The summed E-state index contributed by atoms with van der Waals surface area (Å²) < 4.78 is 11.6. The fourth-order valence-corrected chi connectivity index (χ4v) is 5.64. The Balaban J connectivity index is 0.00000562. The Labute approximate surface area is 261 Å². The predicted octanol–water partition coefficient (Wildman–Crippen LogP) is 4.90. The number of aliphatic hydroxyl groups is 1. The van der Waals surface area contributed by atoms with Crippen LogP contribution in [0.25, 0.3) is 0 Å². The Morgan fingerprint density at radius 2 is 1.74 bits per heavy atom. The van der Waals surface area contributed by atoms with Crippen LogP contribution >= 0.6 is 0 Å². The number of amides is 3. The van der Waals surface area contributed by atoms with Gasteiger partial charge in [0.05, 0.1) is 48.8 Å². The molecule has 9 nitrogen and oxygen atoms in total. The summed E-state index contributed by atoms with van der Waals surface area (Å²) in [6.07, 6.45) is 8.79. The highest BCUT2D eigenvalue weighted by Gasteiger charge is 2.42. The molecule has 1 rings (SSSR count).